The van der Waals surface area contributed by atoms with E-state index in [1.165, 1.54) is 12.1 Å². The molecular formula is C30H24Cl4N2O2. The van der Waals surface area contributed by atoms with Gasteiger partial charge in [-0.15, -0.1) is 0 Å². The average molecular weight is 586 g/mol. The summed E-state index contributed by atoms with van der Waals surface area (Å²) in [7, 11) is 0. The SMILES string of the molecule is Cc1ccccc1N(CCN(C(=O)c1ccc(Cl)cc1Cl)c1ccccc1C)C(=O)c1ccc(Cl)cc1Cl. The second-order valence-electron chi connectivity index (χ2n) is 8.73. The lowest BCUT2D eigenvalue weighted by atomic mass is 10.1. The minimum atomic E-state index is -0.303. The van der Waals surface area contributed by atoms with Crippen molar-refractivity contribution in [3.8, 4) is 0 Å². The van der Waals surface area contributed by atoms with E-state index < -0.39 is 0 Å². The summed E-state index contributed by atoms with van der Waals surface area (Å²) in [4.78, 5) is 30.9. The quantitative estimate of drug-likeness (QED) is 0.217. The van der Waals surface area contributed by atoms with E-state index >= 15 is 0 Å². The molecule has 4 nitrogen and oxygen atoms in total. The molecular weight excluding hydrogens is 562 g/mol. The van der Waals surface area contributed by atoms with Crippen molar-refractivity contribution >= 4 is 69.6 Å². The highest BCUT2D eigenvalue weighted by molar-refractivity contribution is 6.38. The molecule has 4 rings (SSSR count). The van der Waals surface area contributed by atoms with Crippen LogP contribution in [0, 0.1) is 13.8 Å². The van der Waals surface area contributed by atoms with Gasteiger partial charge >= 0.3 is 0 Å². The molecule has 0 radical (unpaired) electrons. The number of hydrogen-bond acceptors (Lipinski definition) is 2. The zero-order valence-corrected chi connectivity index (χ0v) is 23.7. The molecule has 0 bridgehead atoms. The number of carbonyl (C=O) groups is 2. The van der Waals surface area contributed by atoms with Crippen LogP contribution in [0.3, 0.4) is 0 Å². The first kappa shape index (κ1) is 28.0. The highest BCUT2D eigenvalue weighted by Gasteiger charge is 2.26. The van der Waals surface area contributed by atoms with E-state index in [4.69, 9.17) is 46.4 Å². The summed E-state index contributed by atoms with van der Waals surface area (Å²) in [6, 6.07) is 24.7. The Morgan fingerprint density at radius 1 is 0.579 bits per heavy atom. The molecule has 0 aromatic heterocycles. The van der Waals surface area contributed by atoms with Crippen LogP contribution in [0.5, 0.6) is 0 Å². The first-order valence-electron chi connectivity index (χ1n) is 11.8. The Morgan fingerprint density at radius 3 is 1.29 bits per heavy atom. The van der Waals surface area contributed by atoms with Crippen LogP contribution in [0.25, 0.3) is 0 Å². The number of carbonyl (C=O) groups excluding carboxylic acids is 2. The minimum Gasteiger partial charge on any atom is -0.306 e. The van der Waals surface area contributed by atoms with E-state index in [2.05, 4.69) is 0 Å². The number of halogens is 4. The molecule has 38 heavy (non-hydrogen) atoms. The minimum absolute atomic E-state index is 0.188. The highest BCUT2D eigenvalue weighted by atomic mass is 35.5. The van der Waals surface area contributed by atoms with Crippen LogP contribution in [0.1, 0.15) is 31.8 Å². The molecule has 0 fully saturated rings. The molecule has 0 aliphatic rings. The van der Waals surface area contributed by atoms with Crippen molar-refractivity contribution in [2.75, 3.05) is 22.9 Å². The molecule has 0 spiro atoms. The van der Waals surface area contributed by atoms with Crippen molar-refractivity contribution in [2.24, 2.45) is 0 Å². The van der Waals surface area contributed by atoms with Crippen molar-refractivity contribution in [1.82, 2.24) is 0 Å². The van der Waals surface area contributed by atoms with Crippen molar-refractivity contribution in [1.29, 1.82) is 0 Å². The Balaban J connectivity index is 1.75. The number of para-hydroxylation sites is 2. The number of hydrogen-bond donors (Lipinski definition) is 0. The lowest BCUT2D eigenvalue weighted by molar-refractivity contribution is 0.0968. The van der Waals surface area contributed by atoms with Crippen molar-refractivity contribution < 1.29 is 9.59 Å². The Morgan fingerprint density at radius 2 is 0.947 bits per heavy atom. The number of anilines is 2. The molecule has 194 valence electrons. The van der Waals surface area contributed by atoms with Crippen LogP contribution < -0.4 is 9.80 Å². The number of amides is 2. The maximum absolute atomic E-state index is 13.8. The summed E-state index contributed by atoms with van der Waals surface area (Å²) in [6.07, 6.45) is 0. The standard InChI is InChI=1S/C30H24Cl4N2O2/c1-19-7-3-5-9-27(19)35(29(37)23-13-11-21(31)17-25(23)33)15-16-36(28-10-6-4-8-20(28)2)30(38)24-14-12-22(32)18-26(24)34/h3-14,17-18H,15-16H2,1-2H3. The molecule has 0 N–H and O–H groups in total. The summed E-state index contributed by atoms with van der Waals surface area (Å²) in [6.45, 7) is 4.23. The van der Waals surface area contributed by atoms with Gasteiger partial charge in [-0.2, -0.15) is 0 Å². The van der Waals surface area contributed by atoms with E-state index in [-0.39, 0.29) is 34.9 Å². The van der Waals surface area contributed by atoms with E-state index in [0.717, 1.165) is 11.1 Å². The molecule has 8 heteroatoms. The third-order valence-corrected chi connectivity index (χ3v) is 7.27. The fourth-order valence-electron chi connectivity index (χ4n) is 4.21. The Hall–Kier alpha value is -3.02. The molecule has 0 aliphatic heterocycles. The fraction of sp³-hybridized carbons (Fsp3) is 0.133. The molecule has 4 aromatic rings. The predicted octanol–water partition coefficient (Wildman–Crippen LogP) is 8.91. The zero-order chi connectivity index (χ0) is 27.4. The Bertz CT molecular complexity index is 1390. The summed E-state index contributed by atoms with van der Waals surface area (Å²) < 4.78 is 0. The van der Waals surface area contributed by atoms with E-state index in [9.17, 15) is 9.59 Å². The van der Waals surface area contributed by atoms with Gasteiger partial charge < -0.3 is 9.80 Å². The van der Waals surface area contributed by atoms with Gasteiger partial charge in [0.25, 0.3) is 11.8 Å². The Kier molecular flexibility index (Phi) is 9.01. The fourth-order valence-corrected chi connectivity index (χ4v) is 5.19. The van der Waals surface area contributed by atoms with Crippen molar-refractivity contribution in [3.05, 3.63) is 127 Å². The summed E-state index contributed by atoms with van der Waals surface area (Å²) in [5.41, 5.74) is 3.86. The molecule has 0 heterocycles. The van der Waals surface area contributed by atoms with Gasteiger partial charge in [0.05, 0.1) is 21.2 Å². The zero-order valence-electron chi connectivity index (χ0n) is 20.7. The van der Waals surface area contributed by atoms with E-state index in [1.54, 1.807) is 34.1 Å². The van der Waals surface area contributed by atoms with Crippen LogP contribution >= 0.6 is 46.4 Å². The molecule has 4 aromatic carbocycles. The monoisotopic (exact) mass is 584 g/mol. The lowest BCUT2D eigenvalue weighted by Gasteiger charge is -2.30. The average Bonchev–Trinajstić information content (AvgIpc) is 2.87. The second-order valence-corrected chi connectivity index (χ2v) is 10.4. The van der Waals surface area contributed by atoms with Crippen LogP contribution in [0.15, 0.2) is 84.9 Å². The number of benzene rings is 4. The molecule has 0 atom stereocenters. The maximum Gasteiger partial charge on any atom is 0.259 e. The second kappa shape index (κ2) is 12.2. The van der Waals surface area contributed by atoms with Gasteiger partial charge in [0.1, 0.15) is 0 Å². The van der Waals surface area contributed by atoms with Gasteiger partial charge in [-0.05, 0) is 73.5 Å². The molecule has 0 aliphatic carbocycles. The number of rotatable bonds is 7. The molecule has 2 amide bonds. The third kappa shape index (κ3) is 6.16. The van der Waals surface area contributed by atoms with Crippen LogP contribution in [-0.2, 0) is 0 Å². The van der Waals surface area contributed by atoms with Gasteiger partial charge in [-0.1, -0.05) is 82.8 Å². The van der Waals surface area contributed by atoms with E-state index in [0.29, 0.717) is 32.5 Å². The van der Waals surface area contributed by atoms with Gasteiger partial charge in [-0.25, -0.2) is 0 Å². The maximum atomic E-state index is 13.8. The van der Waals surface area contributed by atoms with Gasteiger partial charge in [0.2, 0.25) is 0 Å². The lowest BCUT2D eigenvalue weighted by Crippen LogP contribution is -2.42. The van der Waals surface area contributed by atoms with E-state index in [1.807, 2.05) is 62.4 Å². The predicted molar refractivity (Wildman–Crippen MR) is 159 cm³/mol. The third-order valence-electron chi connectivity index (χ3n) is 6.17. The highest BCUT2D eigenvalue weighted by Crippen LogP contribution is 2.29. The van der Waals surface area contributed by atoms with Crippen LogP contribution in [-0.4, -0.2) is 24.9 Å². The molecule has 0 saturated carbocycles. The topological polar surface area (TPSA) is 40.6 Å². The first-order valence-corrected chi connectivity index (χ1v) is 13.3. The number of nitrogens with zero attached hydrogens (tertiary/aromatic N) is 2. The normalized spacial score (nSPS) is 10.8. The number of aryl methyl sites for hydroxylation is 2. The molecule has 0 saturated heterocycles. The van der Waals surface area contributed by atoms with Crippen LogP contribution in [0.4, 0.5) is 11.4 Å². The molecule has 0 unspecified atom stereocenters. The largest absolute Gasteiger partial charge is 0.306 e. The van der Waals surface area contributed by atoms with Gasteiger partial charge in [0, 0.05) is 34.5 Å². The summed E-state index contributed by atoms with van der Waals surface area (Å²) in [5.74, 6) is -0.606. The first-order chi connectivity index (χ1) is 18.2. The Labute approximate surface area is 242 Å². The van der Waals surface area contributed by atoms with Gasteiger partial charge in [-0.3, -0.25) is 9.59 Å². The smallest absolute Gasteiger partial charge is 0.259 e. The van der Waals surface area contributed by atoms with Crippen molar-refractivity contribution in [3.63, 3.8) is 0 Å². The van der Waals surface area contributed by atoms with Crippen LogP contribution in [0.2, 0.25) is 20.1 Å². The summed E-state index contributed by atoms with van der Waals surface area (Å²) >= 11 is 25.0. The summed E-state index contributed by atoms with van der Waals surface area (Å²) in [5, 5.41) is 1.37. The van der Waals surface area contributed by atoms with Gasteiger partial charge in [0.15, 0.2) is 0 Å². The van der Waals surface area contributed by atoms with Crippen molar-refractivity contribution in [2.45, 2.75) is 13.8 Å².